The van der Waals surface area contributed by atoms with Crippen molar-refractivity contribution in [2.75, 3.05) is 33.1 Å². The number of ether oxygens (including phenoxy) is 2. The monoisotopic (exact) mass is 412 g/mol. The van der Waals surface area contributed by atoms with Crippen molar-refractivity contribution in [3.63, 3.8) is 0 Å². The minimum Gasteiger partial charge on any atom is -0.493 e. The van der Waals surface area contributed by atoms with Crippen molar-refractivity contribution < 1.29 is 22.7 Å². The Bertz CT molecular complexity index is 794. The lowest BCUT2D eigenvalue weighted by atomic mass is 9.96. The van der Waals surface area contributed by atoms with Crippen LogP contribution in [0.4, 0.5) is 0 Å². The molecule has 7 nitrogen and oxygen atoms in total. The second-order valence-corrected chi connectivity index (χ2v) is 9.40. The highest BCUT2D eigenvalue weighted by molar-refractivity contribution is 7.89. The number of nitrogens with zero attached hydrogens (tertiary/aromatic N) is 1. The van der Waals surface area contributed by atoms with Crippen LogP contribution in [0.1, 0.15) is 50.3 Å². The smallest absolute Gasteiger partial charge is 0.224 e. The summed E-state index contributed by atoms with van der Waals surface area (Å²) in [6.07, 6.45) is 1.97. The summed E-state index contributed by atoms with van der Waals surface area (Å²) in [7, 11) is -0.117. The second-order valence-electron chi connectivity index (χ2n) is 7.31. The van der Waals surface area contributed by atoms with E-state index in [1.165, 1.54) is 4.31 Å². The molecule has 1 N–H and O–H groups in total. The minimum atomic E-state index is -3.28. The van der Waals surface area contributed by atoms with Gasteiger partial charge in [-0.3, -0.25) is 4.79 Å². The van der Waals surface area contributed by atoms with E-state index >= 15 is 0 Å². The highest BCUT2D eigenvalue weighted by Gasteiger charge is 2.32. The van der Waals surface area contributed by atoms with Crippen LogP contribution in [0, 0.1) is 12.8 Å². The number of hydrogen-bond acceptors (Lipinski definition) is 5. The first-order valence-corrected chi connectivity index (χ1v) is 11.3. The molecule has 1 saturated heterocycles. The van der Waals surface area contributed by atoms with Crippen LogP contribution >= 0.6 is 0 Å². The number of hydrogen-bond donors (Lipinski definition) is 1. The molecule has 2 rings (SSSR count). The average molecular weight is 413 g/mol. The number of rotatable bonds is 8. The molecule has 1 heterocycles. The maximum absolute atomic E-state index is 12.8. The van der Waals surface area contributed by atoms with Crippen LogP contribution in [0.25, 0.3) is 0 Å². The van der Waals surface area contributed by atoms with Crippen molar-refractivity contribution in [2.45, 2.75) is 46.1 Å². The first-order valence-electron chi connectivity index (χ1n) is 9.74. The lowest BCUT2D eigenvalue weighted by molar-refractivity contribution is -0.126. The second kappa shape index (κ2) is 9.60. The molecule has 1 aliphatic heterocycles. The summed E-state index contributed by atoms with van der Waals surface area (Å²) in [5.41, 5.74) is 1.93. The highest BCUT2D eigenvalue weighted by Crippen LogP contribution is 2.33. The van der Waals surface area contributed by atoms with E-state index < -0.39 is 10.0 Å². The Kier molecular flexibility index (Phi) is 7.71. The Balaban J connectivity index is 2.10. The van der Waals surface area contributed by atoms with Crippen molar-refractivity contribution in [1.29, 1.82) is 0 Å². The summed E-state index contributed by atoms with van der Waals surface area (Å²) in [6.45, 7) is 6.47. The Labute approximate surface area is 168 Å². The van der Waals surface area contributed by atoms with Gasteiger partial charge in [-0.25, -0.2) is 12.7 Å². The first-order chi connectivity index (χ1) is 13.2. The molecule has 0 aromatic heterocycles. The number of aryl methyl sites for hydroxylation is 1. The maximum atomic E-state index is 12.8. The van der Waals surface area contributed by atoms with Crippen LogP contribution in [0.3, 0.4) is 0 Å². The Hall–Kier alpha value is -1.80. The van der Waals surface area contributed by atoms with E-state index in [9.17, 15) is 13.2 Å². The summed E-state index contributed by atoms with van der Waals surface area (Å²) in [5.74, 6) is 0.939. The zero-order chi connectivity index (χ0) is 20.9. The average Bonchev–Trinajstić information content (AvgIpc) is 2.67. The van der Waals surface area contributed by atoms with Gasteiger partial charge in [-0.2, -0.15) is 0 Å². The van der Waals surface area contributed by atoms with E-state index in [1.807, 2.05) is 32.9 Å². The molecule has 0 radical (unpaired) electrons. The van der Waals surface area contributed by atoms with Crippen molar-refractivity contribution in [3.8, 4) is 11.5 Å². The topological polar surface area (TPSA) is 84.9 Å². The standard InChI is InChI=1S/C20H32N2O5S/c1-6-10-28(24,25)22-9-7-8-16(13-22)20(23)21-15(3)17-12-19(27-5)18(26-4)11-14(17)2/h11-12,15-16H,6-10,13H2,1-5H3,(H,21,23)/t15-,16-/m1/s1. The van der Waals surface area contributed by atoms with Crippen LogP contribution < -0.4 is 14.8 Å². The van der Waals surface area contributed by atoms with Gasteiger partial charge < -0.3 is 14.8 Å². The Morgan fingerprint density at radius 1 is 1.29 bits per heavy atom. The molecule has 1 aromatic rings. The normalized spacial score (nSPS) is 19.1. The summed E-state index contributed by atoms with van der Waals surface area (Å²) in [4.78, 5) is 12.8. The molecule has 0 unspecified atom stereocenters. The van der Waals surface area contributed by atoms with Crippen LogP contribution in [0.2, 0.25) is 0 Å². The third-order valence-electron chi connectivity index (χ3n) is 5.21. The van der Waals surface area contributed by atoms with E-state index in [0.717, 1.165) is 11.1 Å². The van der Waals surface area contributed by atoms with Crippen molar-refractivity contribution in [2.24, 2.45) is 5.92 Å². The molecule has 0 bridgehead atoms. The molecule has 1 fully saturated rings. The molecule has 158 valence electrons. The Morgan fingerprint density at radius 2 is 1.93 bits per heavy atom. The van der Waals surface area contributed by atoms with Gasteiger partial charge in [0.2, 0.25) is 15.9 Å². The molecule has 1 aromatic carbocycles. The van der Waals surface area contributed by atoms with E-state index in [4.69, 9.17) is 9.47 Å². The highest BCUT2D eigenvalue weighted by atomic mass is 32.2. The zero-order valence-electron chi connectivity index (χ0n) is 17.4. The van der Waals surface area contributed by atoms with Crippen molar-refractivity contribution >= 4 is 15.9 Å². The Morgan fingerprint density at radius 3 is 2.54 bits per heavy atom. The molecule has 0 saturated carbocycles. The lowest BCUT2D eigenvalue weighted by Crippen LogP contribution is -2.46. The number of carbonyl (C=O) groups is 1. The van der Waals surface area contributed by atoms with Gasteiger partial charge in [-0.1, -0.05) is 6.92 Å². The number of benzene rings is 1. The SMILES string of the molecule is CCCS(=O)(=O)N1CCC[C@@H](C(=O)N[C@H](C)c2cc(OC)c(OC)cc2C)C1. The lowest BCUT2D eigenvalue weighted by Gasteiger charge is -2.32. The third-order valence-corrected chi connectivity index (χ3v) is 7.25. The van der Waals surface area contributed by atoms with E-state index in [1.54, 1.807) is 14.2 Å². The molecule has 28 heavy (non-hydrogen) atoms. The minimum absolute atomic E-state index is 0.113. The largest absolute Gasteiger partial charge is 0.493 e. The maximum Gasteiger partial charge on any atom is 0.224 e. The van der Waals surface area contributed by atoms with Crippen molar-refractivity contribution in [1.82, 2.24) is 9.62 Å². The van der Waals surface area contributed by atoms with Crippen molar-refractivity contribution in [3.05, 3.63) is 23.3 Å². The number of nitrogens with one attached hydrogen (secondary N) is 1. The summed E-state index contributed by atoms with van der Waals surface area (Å²) < 4.78 is 36.8. The number of piperidine rings is 1. The third kappa shape index (κ3) is 5.17. The fourth-order valence-corrected chi connectivity index (χ4v) is 5.26. The van der Waals surface area contributed by atoms with Gasteiger partial charge in [0, 0.05) is 13.1 Å². The predicted octanol–water partition coefficient (Wildman–Crippen LogP) is 2.64. The van der Waals surface area contributed by atoms with Gasteiger partial charge >= 0.3 is 0 Å². The van der Waals surface area contributed by atoms with Crippen LogP contribution in [-0.4, -0.2) is 51.7 Å². The van der Waals surface area contributed by atoms with Crippen LogP contribution in [0.5, 0.6) is 11.5 Å². The summed E-state index contributed by atoms with van der Waals surface area (Å²) in [5, 5.41) is 3.04. The molecular formula is C20H32N2O5S. The van der Waals surface area contributed by atoms with Gasteiger partial charge in [-0.05, 0) is 56.4 Å². The fraction of sp³-hybridized carbons (Fsp3) is 0.650. The summed E-state index contributed by atoms with van der Waals surface area (Å²) >= 11 is 0. The first kappa shape index (κ1) is 22.5. The summed E-state index contributed by atoms with van der Waals surface area (Å²) in [6, 6.07) is 3.53. The predicted molar refractivity (Wildman–Crippen MR) is 109 cm³/mol. The molecule has 1 aliphatic rings. The number of sulfonamides is 1. The number of carbonyl (C=O) groups excluding carboxylic acids is 1. The van der Waals surface area contributed by atoms with E-state index in [2.05, 4.69) is 5.32 Å². The van der Waals surface area contributed by atoms with Gasteiger partial charge in [0.05, 0.1) is 31.9 Å². The molecule has 8 heteroatoms. The molecule has 2 atom stereocenters. The van der Waals surface area contributed by atoms with Gasteiger partial charge in [0.25, 0.3) is 0 Å². The molecule has 0 spiro atoms. The van der Waals surface area contributed by atoms with Gasteiger partial charge in [0.15, 0.2) is 11.5 Å². The van der Waals surface area contributed by atoms with Gasteiger partial charge in [0.1, 0.15) is 0 Å². The number of amides is 1. The van der Waals surface area contributed by atoms with Gasteiger partial charge in [-0.15, -0.1) is 0 Å². The van der Waals surface area contributed by atoms with E-state index in [0.29, 0.717) is 37.3 Å². The van der Waals surface area contributed by atoms with Crippen LogP contribution in [0.15, 0.2) is 12.1 Å². The molecule has 1 amide bonds. The zero-order valence-corrected chi connectivity index (χ0v) is 18.3. The molecule has 0 aliphatic carbocycles. The van der Waals surface area contributed by atoms with Crippen LogP contribution in [-0.2, 0) is 14.8 Å². The quantitative estimate of drug-likeness (QED) is 0.709. The van der Waals surface area contributed by atoms with E-state index in [-0.39, 0.29) is 30.2 Å². The number of methoxy groups -OCH3 is 2. The molecular weight excluding hydrogens is 380 g/mol. The fourth-order valence-electron chi connectivity index (χ4n) is 3.67.